The number of aliphatic carboxylic acids is 1. The van der Waals surface area contributed by atoms with Crippen molar-refractivity contribution < 1.29 is 19.4 Å². The zero-order valence-electron chi connectivity index (χ0n) is 16.7. The molecule has 2 aromatic rings. The Bertz CT molecular complexity index is 894. The molecule has 30 heavy (non-hydrogen) atoms. The number of halogens is 1. The number of carboxylic acid groups (broad SMARTS) is 1. The number of hydrogen-bond donors (Lipinski definition) is 2. The molecule has 2 aromatic carbocycles. The lowest BCUT2D eigenvalue weighted by Gasteiger charge is -2.28. The summed E-state index contributed by atoms with van der Waals surface area (Å²) in [5, 5.41) is 12.8. The highest BCUT2D eigenvalue weighted by Gasteiger charge is 2.30. The quantitative estimate of drug-likeness (QED) is 0.585. The van der Waals surface area contributed by atoms with Gasteiger partial charge in [0.2, 0.25) is 5.91 Å². The lowest BCUT2D eigenvalue weighted by molar-refractivity contribution is -0.145. The van der Waals surface area contributed by atoms with E-state index < -0.39 is 5.97 Å². The first-order valence-electron chi connectivity index (χ1n) is 10.2. The van der Waals surface area contributed by atoms with Crippen molar-refractivity contribution >= 4 is 29.6 Å². The predicted molar refractivity (Wildman–Crippen MR) is 117 cm³/mol. The molecule has 0 heterocycles. The molecular weight excluding hydrogens is 402 g/mol. The molecular formula is C24H26ClNO4. The number of ether oxygens (including phenoxy) is 1. The number of benzene rings is 2. The summed E-state index contributed by atoms with van der Waals surface area (Å²) in [5.41, 5.74) is 1.79. The smallest absolute Gasteiger partial charge is 0.306 e. The second kappa shape index (κ2) is 10.8. The summed E-state index contributed by atoms with van der Waals surface area (Å²) in [6.07, 6.45) is 6.69. The maximum absolute atomic E-state index is 12.1. The Morgan fingerprint density at radius 3 is 2.57 bits per heavy atom. The molecule has 5 nitrogen and oxygen atoms in total. The number of hydrogen-bond acceptors (Lipinski definition) is 3. The van der Waals surface area contributed by atoms with Gasteiger partial charge >= 0.3 is 5.97 Å². The average Bonchev–Trinajstić information content (AvgIpc) is 2.76. The summed E-state index contributed by atoms with van der Waals surface area (Å²) in [6.45, 7) is 0.782. The Morgan fingerprint density at radius 1 is 1.10 bits per heavy atom. The second-order valence-electron chi connectivity index (χ2n) is 7.52. The van der Waals surface area contributed by atoms with Crippen LogP contribution in [0.25, 0.3) is 6.08 Å². The van der Waals surface area contributed by atoms with Crippen molar-refractivity contribution in [2.24, 2.45) is 11.8 Å². The first-order chi connectivity index (χ1) is 14.5. The maximum Gasteiger partial charge on any atom is 0.306 e. The van der Waals surface area contributed by atoms with Crippen molar-refractivity contribution in [3.8, 4) is 5.75 Å². The van der Waals surface area contributed by atoms with Crippen molar-refractivity contribution in [3.63, 3.8) is 0 Å². The molecule has 1 aliphatic carbocycles. The highest BCUT2D eigenvalue weighted by molar-refractivity contribution is 6.31. The van der Waals surface area contributed by atoms with Gasteiger partial charge in [0.1, 0.15) is 12.4 Å². The Labute approximate surface area is 181 Å². The topological polar surface area (TPSA) is 75.6 Å². The van der Waals surface area contributed by atoms with E-state index in [0.29, 0.717) is 30.3 Å². The molecule has 6 heteroatoms. The standard InChI is InChI=1S/C24H26ClNO4/c25-22-8-4-2-6-19(22)16-30-20-12-9-17(10-13-20)11-14-23(27)26-15-18-5-1-3-7-21(18)24(28)29/h2,4,6,8-14,18,21H,1,3,5,7,15-16H2,(H,26,27)(H,28,29)/b14-11+/t18-,21-/m0/s1. The van der Waals surface area contributed by atoms with E-state index in [2.05, 4.69) is 5.32 Å². The summed E-state index contributed by atoms with van der Waals surface area (Å²) in [5.74, 6) is -0.622. The van der Waals surface area contributed by atoms with Gasteiger partial charge in [-0.2, -0.15) is 0 Å². The Morgan fingerprint density at radius 2 is 1.83 bits per heavy atom. The van der Waals surface area contributed by atoms with Gasteiger partial charge in [0.15, 0.2) is 0 Å². The molecule has 1 saturated carbocycles. The van der Waals surface area contributed by atoms with E-state index in [0.717, 1.165) is 30.4 Å². The van der Waals surface area contributed by atoms with Crippen molar-refractivity contribution in [1.29, 1.82) is 0 Å². The van der Waals surface area contributed by atoms with Crippen LogP contribution in [0.1, 0.15) is 36.8 Å². The van der Waals surface area contributed by atoms with Gasteiger partial charge < -0.3 is 15.2 Å². The molecule has 0 unspecified atom stereocenters. The van der Waals surface area contributed by atoms with Crippen LogP contribution in [-0.2, 0) is 16.2 Å². The first-order valence-corrected chi connectivity index (χ1v) is 10.6. The molecule has 0 radical (unpaired) electrons. The van der Waals surface area contributed by atoms with E-state index in [-0.39, 0.29) is 17.7 Å². The summed E-state index contributed by atoms with van der Waals surface area (Å²) < 4.78 is 5.75. The fourth-order valence-electron chi connectivity index (χ4n) is 3.69. The number of nitrogens with one attached hydrogen (secondary N) is 1. The molecule has 0 aliphatic heterocycles. The summed E-state index contributed by atoms with van der Waals surface area (Å²) in [4.78, 5) is 23.5. The minimum absolute atomic E-state index is 0.00292. The van der Waals surface area contributed by atoms with Crippen molar-refractivity contribution in [1.82, 2.24) is 5.32 Å². The van der Waals surface area contributed by atoms with Crippen LogP contribution in [0.3, 0.4) is 0 Å². The third kappa shape index (κ3) is 6.36. The Balaban J connectivity index is 1.46. The van der Waals surface area contributed by atoms with Crippen LogP contribution in [-0.4, -0.2) is 23.5 Å². The van der Waals surface area contributed by atoms with E-state index in [4.69, 9.17) is 16.3 Å². The van der Waals surface area contributed by atoms with Crippen LogP contribution in [0.5, 0.6) is 5.75 Å². The summed E-state index contributed by atoms with van der Waals surface area (Å²) in [7, 11) is 0. The van der Waals surface area contributed by atoms with Gasteiger partial charge in [0.25, 0.3) is 0 Å². The largest absolute Gasteiger partial charge is 0.489 e. The Kier molecular flexibility index (Phi) is 7.91. The van der Waals surface area contributed by atoms with E-state index in [1.54, 1.807) is 6.08 Å². The minimum Gasteiger partial charge on any atom is -0.489 e. The molecule has 2 N–H and O–H groups in total. The highest BCUT2D eigenvalue weighted by atomic mass is 35.5. The zero-order valence-corrected chi connectivity index (χ0v) is 17.5. The SMILES string of the molecule is O=C(/C=C/c1ccc(OCc2ccccc2Cl)cc1)NC[C@@H]1CCCC[C@@H]1C(=O)O. The van der Waals surface area contributed by atoms with Gasteiger partial charge in [0.05, 0.1) is 5.92 Å². The number of carbonyl (C=O) groups is 2. The third-order valence-corrected chi connectivity index (χ3v) is 5.79. The monoisotopic (exact) mass is 427 g/mol. The van der Waals surface area contributed by atoms with E-state index in [9.17, 15) is 14.7 Å². The molecule has 158 valence electrons. The van der Waals surface area contributed by atoms with Crippen LogP contribution in [0, 0.1) is 11.8 Å². The molecule has 1 fully saturated rings. The zero-order chi connectivity index (χ0) is 21.3. The molecule has 2 atom stereocenters. The van der Waals surface area contributed by atoms with E-state index >= 15 is 0 Å². The van der Waals surface area contributed by atoms with Crippen molar-refractivity contribution in [2.75, 3.05) is 6.54 Å². The van der Waals surface area contributed by atoms with E-state index in [1.807, 2.05) is 48.5 Å². The molecule has 0 bridgehead atoms. The average molecular weight is 428 g/mol. The molecule has 3 rings (SSSR count). The van der Waals surface area contributed by atoms with Gasteiger partial charge in [-0.15, -0.1) is 0 Å². The Hall–Kier alpha value is -2.79. The van der Waals surface area contributed by atoms with Crippen molar-refractivity contribution in [3.05, 3.63) is 70.8 Å². The normalized spacial score (nSPS) is 18.8. The fourth-order valence-corrected chi connectivity index (χ4v) is 3.88. The van der Waals surface area contributed by atoms with Gasteiger partial charge in [-0.05, 0) is 48.6 Å². The number of amides is 1. The van der Waals surface area contributed by atoms with Crippen LogP contribution in [0.15, 0.2) is 54.6 Å². The summed E-state index contributed by atoms with van der Waals surface area (Å²) >= 11 is 6.13. The molecule has 0 spiro atoms. The minimum atomic E-state index is -0.763. The van der Waals surface area contributed by atoms with Gasteiger partial charge in [-0.3, -0.25) is 9.59 Å². The molecule has 0 saturated heterocycles. The lowest BCUT2D eigenvalue weighted by atomic mass is 9.79. The van der Waals surface area contributed by atoms with Gasteiger partial charge in [-0.25, -0.2) is 0 Å². The molecule has 0 aromatic heterocycles. The second-order valence-corrected chi connectivity index (χ2v) is 7.92. The summed E-state index contributed by atoms with van der Waals surface area (Å²) in [6, 6.07) is 15.0. The molecule has 1 amide bonds. The van der Waals surface area contributed by atoms with Gasteiger partial charge in [-0.1, -0.05) is 54.8 Å². The van der Waals surface area contributed by atoms with Crippen LogP contribution in [0.2, 0.25) is 5.02 Å². The fraction of sp³-hybridized carbons (Fsp3) is 0.333. The molecule has 1 aliphatic rings. The van der Waals surface area contributed by atoms with Crippen molar-refractivity contribution in [2.45, 2.75) is 32.3 Å². The van der Waals surface area contributed by atoms with Crippen LogP contribution in [0.4, 0.5) is 0 Å². The number of carboxylic acids is 1. The predicted octanol–water partition coefficient (Wildman–Crippen LogP) is 4.94. The maximum atomic E-state index is 12.1. The van der Waals surface area contributed by atoms with Crippen LogP contribution >= 0.6 is 11.6 Å². The first kappa shape index (κ1) is 21.9. The number of carbonyl (C=O) groups excluding carboxylic acids is 1. The van der Waals surface area contributed by atoms with E-state index in [1.165, 1.54) is 6.08 Å². The highest BCUT2D eigenvalue weighted by Crippen LogP contribution is 2.29. The third-order valence-electron chi connectivity index (χ3n) is 5.42. The van der Waals surface area contributed by atoms with Gasteiger partial charge in [0, 0.05) is 23.2 Å². The van der Waals surface area contributed by atoms with Crippen LogP contribution < -0.4 is 10.1 Å². The lowest BCUT2D eigenvalue weighted by Crippen LogP contribution is -2.36. The number of rotatable bonds is 8.